The van der Waals surface area contributed by atoms with Crippen LogP contribution >= 0.6 is 0 Å². The van der Waals surface area contributed by atoms with E-state index in [1.165, 1.54) is 24.1 Å². The number of hydrogen-bond donors (Lipinski definition) is 1. The highest BCUT2D eigenvalue weighted by Gasteiger charge is 2.31. The molecule has 150 valence electrons. The van der Waals surface area contributed by atoms with E-state index in [0.29, 0.717) is 5.69 Å². The summed E-state index contributed by atoms with van der Waals surface area (Å²) in [5.41, 5.74) is 1.34. The van der Waals surface area contributed by atoms with Crippen LogP contribution in [0.2, 0.25) is 0 Å². The highest BCUT2D eigenvalue weighted by Crippen LogP contribution is 2.24. The average Bonchev–Trinajstić information content (AvgIpc) is 2.62. The van der Waals surface area contributed by atoms with Gasteiger partial charge in [0.2, 0.25) is 11.8 Å². The van der Waals surface area contributed by atoms with Crippen LogP contribution in [0.25, 0.3) is 0 Å². The highest BCUT2D eigenvalue weighted by molar-refractivity contribution is 5.94. The maximum Gasteiger partial charge on any atom is 0.573 e. The summed E-state index contributed by atoms with van der Waals surface area (Å²) in [5, 5.41) is 2.53. The fourth-order valence-corrected chi connectivity index (χ4v) is 2.56. The predicted molar refractivity (Wildman–Crippen MR) is 98.9 cm³/mol. The Hall–Kier alpha value is -3.03. The van der Waals surface area contributed by atoms with Gasteiger partial charge in [-0.15, -0.1) is 13.2 Å². The van der Waals surface area contributed by atoms with Crippen LogP contribution < -0.4 is 10.1 Å². The van der Waals surface area contributed by atoms with Crippen molar-refractivity contribution < 1.29 is 27.5 Å². The molecule has 0 saturated heterocycles. The quantitative estimate of drug-likeness (QED) is 0.767. The molecule has 2 aromatic rings. The number of nitrogens with zero attached hydrogens (tertiary/aromatic N) is 1. The minimum atomic E-state index is -4.77. The first-order valence-corrected chi connectivity index (χ1v) is 8.58. The molecule has 0 unspecified atom stereocenters. The molecule has 0 saturated carbocycles. The minimum absolute atomic E-state index is 0.0142. The van der Waals surface area contributed by atoms with Gasteiger partial charge in [-0.25, -0.2) is 0 Å². The molecule has 28 heavy (non-hydrogen) atoms. The predicted octanol–water partition coefficient (Wildman–Crippen LogP) is 4.18. The first-order chi connectivity index (χ1) is 13.1. The van der Waals surface area contributed by atoms with Gasteiger partial charge in [0.25, 0.3) is 0 Å². The summed E-state index contributed by atoms with van der Waals surface area (Å²) in [4.78, 5) is 25.7. The van der Waals surface area contributed by atoms with Gasteiger partial charge < -0.3 is 15.0 Å². The van der Waals surface area contributed by atoms with Gasteiger partial charge in [-0.3, -0.25) is 9.59 Å². The van der Waals surface area contributed by atoms with E-state index in [1.54, 1.807) is 0 Å². The largest absolute Gasteiger partial charge is 0.573 e. The third-order valence-electron chi connectivity index (χ3n) is 4.03. The van der Waals surface area contributed by atoms with Crippen LogP contribution in [-0.4, -0.2) is 36.7 Å². The minimum Gasteiger partial charge on any atom is -0.406 e. The van der Waals surface area contributed by atoms with Crippen LogP contribution in [-0.2, 0) is 9.59 Å². The molecule has 0 spiro atoms. The number of rotatable bonds is 7. The summed E-state index contributed by atoms with van der Waals surface area (Å²) in [5.74, 6) is -0.999. The van der Waals surface area contributed by atoms with Crippen LogP contribution in [0.15, 0.2) is 54.6 Å². The molecule has 2 aromatic carbocycles. The van der Waals surface area contributed by atoms with E-state index in [2.05, 4.69) is 10.1 Å². The smallest absolute Gasteiger partial charge is 0.406 e. The molecule has 0 aliphatic carbocycles. The molecule has 2 rings (SSSR count). The van der Waals surface area contributed by atoms with Gasteiger partial charge in [0.15, 0.2) is 0 Å². The van der Waals surface area contributed by atoms with Crippen molar-refractivity contribution in [3.63, 3.8) is 0 Å². The number of nitrogens with one attached hydrogen (secondary N) is 1. The van der Waals surface area contributed by atoms with Crippen molar-refractivity contribution >= 4 is 17.5 Å². The van der Waals surface area contributed by atoms with E-state index in [4.69, 9.17) is 0 Å². The van der Waals surface area contributed by atoms with E-state index in [-0.39, 0.29) is 30.5 Å². The number of ether oxygens (including phenoxy) is 1. The van der Waals surface area contributed by atoms with Crippen molar-refractivity contribution in [1.29, 1.82) is 0 Å². The second-order valence-corrected chi connectivity index (χ2v) is 6.39. The summed E-state index contributed by atoms with van der Waals surface area (Å²) in [6.07, 6.45) is -4.51. The van der Waals surface area contributed by atoms with E-state index >= 15 is 0 Å². The third-order valence-corrected chi connectivity index (χ3v) is 4.03. The fraction of sp³-hybridized carbons (Fsp3) is 0.300. The Kier molecular flexibility index (Phi) is 7.03. The Morgan fingerprint density at radius 1 is 1.07 bits per heavy atom. The van der Waals surface area contributed by atoms with Crippen LogP contribution in [0.4, 0.5) is 18.9 Å². The van der Waals surface area contributed by atoms with Crippen LogP contribution in [0.5, 0.6) is 5.75 Å². The van der Waals surface area contributed by atoms with Gasteiger partial charge in [-0.05, 0) is 35.7 Å². The summed E-state index contributed by atoms with van der Waals surface area (Å²) >= 11 is 0. The molecule has 0 aliphatic heterocycles. The van der Waals surface area contributed by atoms with E-state index in [0.717, 1.165) is 17.7 Å². The lowest BCUT2D eigenvalue weighted by Gasteiger charge is -2.19. The average molecular weight is 394 g/mol. The normalized spacial score (nSPS) is 12.2. The van der Waals surface area contributed by atoms with Crippen molar-refractivity contribution in [1.82, 2.24) is 4.90 Å². The SMILES string of the molecule is C[C@@H](CC(=O)N(C)CC(=O)Nc1ccc(OC(F)(F)F)cc1)c1ccccc1. The zero-order valence-corrected chi connectivity index (χ0v) is 15.5. The number of alkyl halides is 3. The Balaban J connectivity index is 1.84. The molecule has 1 atom stereocenters. The van der Waals surface area contributed by atoms with Crippen LogP contribution in [0.3, 0.4) is 0 Å². The lowest BCUT2D eigenvalue weighted by Crippen LogP contribution is -2.35. The van der Waals surface area contributed by atoms with Gasteiger partial charge in [0.1, 0.15) is 5.75 Å². The Morgan fingerprint density at radius 2 is 1.68 bits per heavy atom. The zero-order valence-electron chi connectivity index (χ0n) is 15.5. The third kappa shape index (κ3) is 6.94. The number of benzene rings is 2. The molecule has 0 bridgehead atoms. The Morgan fingerprint density at radius 3 is 2.25 bits per heavy atom. The van der Waals surface area contributed by atoms with Gasteiger partial charge in [-0.1, -0.05) is 37.3 Å². The summed E-state index contributed by atoms with van der Waals surface area (Å²) in [6, 6.07) is 14.4. The molecular weight excluding hydrogens is 373 g/mol. The zero-order chi connectivity index (χ0) is 20.7. The fourth-order valence-electron chi connectivity index (χ4n) is 2.56. The number of amides is 2. The second kappa shape index (κ2) is 9.25. The molecule has 0 heterocycles. The monoisotopic (exact) mass is 394 g/mol. The van der Waals surface area contributed by atoms with Gasteiger partial charge in [0, 0.05) is 19.2 Å². The Labute approximate surface area is 161 Å². The molecule has 0 fully saturated rings. The van der Waals surface area contributed by atoms with Crippen molar-refractivity contribution in [2.75, 3.05) is 18.9 Å². The Bertz CT molecular complexity index is 793. The molecule has 2 amide bonds. The maximum atomic E-state index is 12.3. The molecule has 0 aliphatic rings. The van der Waals surface area contributed by atoms with Crippen LogP contribution in [0.1, 0.15) is 24.8 Å². The van der Waals surface area contributed by atoms with Crippen molar-refractivity contribution in [2.24, 2.45) is 0 Å². The molecule has 5 nitrogen and oxygen atoms in total. The highest BCUT2D eigenvalue weighted by atomic mass is 19.4. The first-order valence-electron chi connectivity index (χ1n) is 8.58. The molecule has 0 aromatic heterocycles. The summed E-state index contributed by atoms with van der Waals surface area (Å²) < 4.78 is 40.2. The summed E-state index contributed by atoms with van der Waals surface area (Å²) in [7, 11) is 1.53. The first kappa shape index (κ1) is 21.3. The number of hydrogen-bond acceptors (Lipinski definition) is 3. The lowest BCUT2D eigenvalue weighted by atomic mass is 9.97. The molecule has 0 radical (unpaired) electrons. The molecule has 1 N–H and O–H groups in total. The van der Waals surface area contributed by atoms with Gasteiger partial charge in [0.05, 0.1) is 6.54 Å². The number of carbonyl (C=O) groups is 2. The maximum absolute atomic E-state index is 12.3. The topological polar surface area (TPSA) is 58.6 Å². The molecular formula is C20H21F3N2O3. The standard InChI is InChI=1S/C20H21F3N2O3/c1-14(15-6-4-3-5-7-15)12-19(27)25(2)13-18(26)24-16-8-10-17(11-9-16)28-20(21,22)23/h3-11,14H,12-13H2,1-2H3,(H,24,26)/t14-/m0/s1. The van der Waals surface area contributed by atoms with E-state index < -0.39 is 12.3 Å². The number of carbonyl (C=O) groups excluding carboxylic acids is 2. The lowest BCUT2D eigenvalue weighted by molar-refractivity contribution is -0.274. The van der Waals surface area contributed by atoms with E-state index in [9.17, 15) is 22.8 Å². The summed E-state index contributed by atoms with van der Waals surface area (Å²) in [6.45, 7) is 1.77. The van der Waals surface area contributed by atoms with Crippen molar-refractivity contribution in [2.45, 2.75) is 25.6 Å². The number of likely N-dealkylation sites (N-methyl/N-ethyl adjacent to an activating group) is 1. The molecule has 8 heteroatoms. The number of halogens is 3. The van der Waals surface area contributed by atoms with Gasteiger partial charge >= 0.3 is 6.36 Å². The van der Waals surface area contributed by atoms with Crippen molar-refractivity contribution in [3.8, 4) is 5.75 Å². The van der Waals surface area contributed by atoms with Crippen molar-refractivity contribution in [3.05, 3.63) is 60.2 Å². The van der Waals surface area contributed by atoms with E-state index in [1.807, 2.05) is 37.3 Å². The van der Waals surface area contributed by atoms with Gasteiger partial charge in [-0.2, -0.15) is 0 Å². The number of anilines is 1. The van der Waals surface area contributed by atoms with Crippen LogP contribution in [0, 0.1) is 0 Å². The second-order valence-electron chi connectivity index (χ2n) is 6.39.